The summed E-state index contributed by atoms with van der Waals surface area (Å²) >= 11 is 0. The molecule has 2 amide bonds. The number of carbonyl (C=O) groups excluding carboxylic acids is 2. The van der Waals surface area contributed by atoms with Crippen molar-refractivity contribution in [2.45, 2.75) is 13.0 Å². The fourth-order valence-electron chi connectivity index (χ4n) is 3.15. The molecule has 1 N–H and O–H groups in total. The highest BCUT2D eigenvalue weighted by Gasteiger charge is 2.26. The van der Waals surface area contributed by atoms with Crippen molar-refractivity contribution in [3.63, 3.8) is 0 Å². The van der Waals surface area contributed by atoms with E-state index in [0.29, 0.717) is 35.9 Å². The Kier molecular flexibility index (Phi) is 6.38. The lowest BCUT2D eigenvalue weighted by Gasteiger charge is -2.34. The highest BCUT2D eigenvalue weighted by Crippen LogP contribution is 2.33. The van der Waals surface area contributed by atoms with Crippen LogP contribution in [0.5, 0.6) is 11.5 Å². The molecule has 1 aliphatic heterocycles. The molecule has 0 unspecified atom stereocenters. The molecule has 1 saturated heterocycles. The third kappa shape index (κ3) is 4.68. The summed E-state index contributed by atoms with van der Waals surface area (Å²) in [5.74, 6) is 0.965. The van der Waals surface area contributed by atoms with E-state index in [1.165, 1.54) is 6.07 Å². The van der Waals surface area contributed by atoms with Gasteiger partial charge in [-0.15, -0.1) is 0 Å². The van der Waals surface area contributed by atoms with Gasteiger partial charge in [0, 0.05) is 32.2 Å². The molecule has 0 aliphatic carbocycles. The SMILES string of the molecule is COc1ccc(OC)c(-c2cc(C(=O)N[C@@H](C)C(=O)N3CCN(C)CC3)no2)c1. The smallest absolute Gasteiger partial charge is 0.274 e. The topological polar surface area (TPSA) is 97.1 Å². The molecule has 156 valence electrons. The van der Waals surface area contributed by atoms with Gasteiger partial charge >= 0.3 is 0 Å². The van der Waals surface area contributed by atoms with Crippen molar-refractivity contribution < 1.29 is 23.6 Å². The third-order valence-electron chi connectivity index (χ3n) is 4.95. The Hall–Kier alpha value is -3.07. The van der Waals surface area contributed by atoms with Crippen LogP contribution < -0.4 is 14.8 Å². The van der Waals surface area contributed by atoms with Crippen molar-refractivity contribution >= 4 is 11.8 Å². The number of nitrogens with one attached hydrogen (secondary N) is 1. The second-order valence-corrected chi connectivity index (χ2v) is 6.97. The predicted molar refractivity (Wildman–Crippen MR) is 106 cm³/mol. The van der Waals surface area contributed by atoms with Gasteiger partial charge in [-0.05, 0) is 32.2 Å². The number of methoxy groups -OCH3 is 2. The molecule has 0 bridgehead atoms. The Morgan fingerprint density at radius 3 is 2.52 bits per heavy atom. The van der Waals surface area contributed by atoms with Crippen LogP contribution in [0, 0.1) is 0 Å². The number of likely N-dealkylation sites (N-methyl/N-ethyl adjacent to an activating group) is 1. The maximum atomic E-state index is 12.6. The van der Waals surface area contributed by atoms with Crippen LogP contribution in [0.1, 0.15) is 17.4 Å². The Morgan fingerprint density at radius 1 is 1.14 bits per heavy atom. The van der Waals surface area contributed by atoms with E-state index in [9.17, 15) is 9.59 Å². The lowest BCUT2D eigenvalue weighted by molar-refractivity contribution is -0.134. The quantitative estimate of drug-likeness (QED) is 0.777. The fourth-order valence-corrected chi connectivity index (χ4v) is 3.15. The highest BCUT2D eigenvalue weighted by atomic mass is 16.5. The minimum Gasteiger partial charge on any atom is -0.497 e. The number of hydrogen-bond donors (Lipinski definition) is 1. The van der Waals surface area contributed by atoms with Gasteiger partial charge in [0.15, 0.2) is 11.5 Å². The Bertz CT molecular complexity index is 874. The van der Waals surface area contributed by atoms with Gasteiger partial charge < -0.3 is 29.1 Å². The van der Waals surface area contributed by atoms with E-state index in [0.717, 1.165) is 13.1 Å². The summed E-state index contributed by atoms with van der Waals surface area (Å²) in [5.41, 5.74) is 0.697. The van der Waals surface area contributed by atoms with Crippen molar-refractivity contribution in [3.05, 3.63) is 30.0 Å². The van der Waals surface area contributed by atoms with Crippen LogP contribution in [0.25, 0.3) is 11.3 Å². The number of ether oxygens (including phenoxy) is 2. The first kappa shape index (κ1) is 20.7. The second kappa shape index (κ2) is 8.95. The van der Waals surface area contributed by atoms with E-state index in [2.05, 4.69) is 15.4 Å². The largest absolute Gasteiger partial charge is 0.497 e. The molecule has 9 nitrogen and oxygen atoms in total. The van der Waals surface area contributed by atoms with Gasteiger partial charge in [-0.1, -0.05) is 5.16 Å². The summed E-state index contributed by atoms with van der Waals surface area (Å²) in [6.45, 7) is 4.62. The van der Waals surface area contributed by atoms with E-state index in [1.807, 2.05) is 7.05 Å². The predicted octanol–water partition coefficient (Wildman–Crippen LogP) is 1.25. The van der Waals surface area contributed by atoms with Crippen molar-refractivity contribution in [2.24, 2.45) is 0 Å². The number of rotatable bonds is 6. The number of amides is 2. The Balaban J connectivity index is 1.69. The van der Waals surface area contributed by atoms with Gasteiger partial charge in [0.25, 0.3) is 5.91 Å². The molecule has 0 saturated carbocycles. The van der Waals surface area contributed by atoms with Crippen LogP contribution in [0.2, 0.25) is 0 Å². The van der Waals surface area contributed by atoms with Crippen LogP contribution in [0.4, 0.5) is 0 Å². The lowest BCUT2D eigenvalue weighted by atomic mass is 10.1. The molecule has 1 fully saturated rings. The van der Waals surface area contributed by atoms with Crippen LogP contribution in [0.3, 0.4) is 0 Å². The Labute approximate surface area is 169 Å². The van der Waals surface area contributed by atoms with Gasteiger partial charge in [-0.3, -0.25) is 9.59 Å². The summed E-state index contributed by atoms with van der Waals surface area (Å²) < 4.78 is 15.9. The highest BCUT2D eigenvalue weighted by molar-refractivity contribution is 5.96. The average Bonchev–Trinajstić information content (AvgIpc) is 3.23. The summed E-state index contributed by atoms with van der Waals surface area (Å²) in [6, 6.07) is 6.10. The van der Waals surface area contributed by atoms with Crippen LogP contribution in [-0.4, -0.2) is 80.3 Å². The zero-order valence-corrected chi connectivity index (χ0v) is 17.1. The summed E-state index contributed by atoms with van der Waals surface area (Å²) in [5, 5.41) is 6.54. The van der Waals surface area contributed by atoms with Crippen molar-refractivity contribution in [2.75, 3.05) is 47.4 Å². The van der Waals surface area contributed by atoms with Crippen LogP contribution >= 0.6 is 0 Å². The molecule has 1 aromatic heterocycles. The number of hydrogen-bond acceptors (Lipinski definition) is 7. The fraction of sp³-hybridized carbons (Fsp3) is 0.450. The molecular weight excluding hydrogens is 376 g/mol. The first-order valence-corrected chi connectivity index (χ1v) is 9.40. The first-order chi connectivity index (χ1) is 13.9. The van der Waals surface area contributed by atoms with E-state index >= 15 is 0 Å². The second-order valence-electron chi connectivity index (χ2n) is 6.97. The van der Waals surface area contributed by atoms with Crippen LogP contribution in [0.15, 0.2) is 28.8 Å². The van der Waals surface area contributed by atoms with Gasteiger partial charge in [-0.2, -0.15) is 0 Å². The maximum Gasteiger partial charge on any atom is 0.274 e. The molecule has 0 radical (unpaired) electrons. The van der Waals surface area contributed by atoms with Gasteiger partial charge in [0.05, 0.1) is 19.8 Å². The molecule has 1 aromatic carbocycles. The molecule has 3 rings (SSSR count). The summed E-state index contributed by atoms with van der Waals surface area (Å²) in [4.78, 5) is 29.0. The van der Waals surface area contributed by atoms with E-state index in [1.54, 1.807) is 44.2 Å². The molecule has 0 spiro atoms. The summed E-state index contributed by atoms with van der Waals surface area (Å²) in [7, 11) is 5.12. The number of piperazine rings is 1. The molecule has 1 aliphatic rings. The van der Waals surface area contributed by atoms with Crippen molar-refractivity contribution in [1.29, 1.82) is 0 Å². The standard InChI is InChI=1S/C20H26N4O5/c1-13(20(26)24-9-7-23(2)8-10-24)21-19(25)16-12-18(29-22-16)15-11-14(27-3)5-6-17(15)28-4/h5-6,11-13H,7-10H2,1-4H3,(H,21,25)/t13-/m0/s1. The monoisotopic (exact) mass is 402 g/mol. The van der Waals surface area contributed by atoms with Gasteiger partial charge in [0.1, 0.15) is 17.5 Å². The normalized spacial score (nSPS) is 15.7. The molecule has 1 atom stereocenters. The molecule has 2 heterocycles. The maximum absolute atomic E-state index is 12.6. The molecule has 2 aromatic rings. The zero-order valence-electron chi connectivity index (χ0n) is 17.1. The zero-order chi connectivity index (χ0) is 21.0. The molecule has 29 heavy (non-hydrogen) atoms. The summed E-state index contributed by atoms with van der Waals surface area (Å²) in [6.07, 6.45) is 0. The van der Waals surface area contributed by atoms with Crippen molar-refractivity contribution in [3.8, 4) is 22.8 Å². The number of carbonyl (C=O) groups is 2. The lowest BCUT2D eigenvalue weighted by Crippen LogP contribution is -2.53. The third-order valence-corrected chi connectivity index (χ3v) is 4.95. The van der Waals surface area contributed by atoms with E-state index in [-0.39, 0.29) is 11.6 Å². The average molecular weight is 402 g/mol. The van der Waals surface area contributed by atoms with E-state index in [4.69, 9.17) is 14.0 Å². The minimum atomic E-state index is -0.655. The van der Waals surface area contributed by atoms with Crippen molar-refractivity contribution in [1.82, 2.24) is 20.3 Å². The van der Waals surface area contributed by atoms with Gasteiger partial charge in [-0.25, -0.2) is 0 Å². The number of nitrogens with zero attached hydrogens (tertiary/aromatic N) is 3. The van der Waals surface area contributed by atoms with Crippen LogP contribution in [-0.2, 0) is 4.79 Å². The molecule has 9 heteroatoms. The molecular formula is C20H26N4O5. The number of aromatic nitrogens is 1. The first-order valence-electron chi connectivity index (χ1n) is 9.40. The Morgan fingerprint density at radius 2 is 1.86 bits per heavy atom. The van der Waals surface area contributed by atoms with Gasteiger partial charge in [0.2, 0.25) is 5.91 Å². The number of benzene rings is 1. The van der Waals surface area contributed by atoms with E-state index < -0.39 is 11.9 Å². The minimum absolute atomic E-state index is 0.0860.